The van der Waals surface area contributed by atoms with Crippen molar-refractivity contribution >= 4 is 27.5 Å². The molecule has 0 aliphatic heterocycles. The Morgan fingerprint density at radius 2 is 2.19 bits per heavy atom. The molecule has 0 aromatic heterocycles. The minimum atomic E-state index is 0.142. The Labute approximate surface area is 105 Å². The number of carbonyl (C=O) groups is 1. The maximum Gasteiger partial charge on any atom is 0.227 e. The number of hydrogen-bond donors (Lipinski definition) is 1. The topological polar surface area (TPSA) is 29.1 Å². The molecule has 0 bridgehead atoms. The predicted octanol–water partition coefficient (Wildman–Crippen LogP) is 3.74. The molecule has 0 spiro atoms. The molecule has 1 aromatic rings. The summed E-state index contributed by atoms with van der Waals surface area (Å²) < 4.78 is 1.04. The summed E-state index contributed by atoms with van der Waals surface area (Å²) in [6.45, 7) is 4.02. The van der Waals surface area contributed by atoms with Crippen LogP contribution in [0, 0.1) is 18.8 Å². The third-order valence-corrected chi connectivity index (χ3v) is 3.68. The van der Waals surface area contributed by atoms with Crippen molar-refractivity contribution in [1.82, 2.24) is 0 Å². The Kier molecular flexibility index (Phi) is 3.33. The fourth-order valence-electron chi connectivity index (χ4n) is 1.82. The third-order valence-electron chi connectivity index (χ3n) is 3.19. The number of nitrogens with one attached hydrogen (secondary N) is 1. The number of aryl methyl sites for hydroxylation is 1. The Morgan fingerprint density at radius 1 is 1.50 bits per heavy atom. The van der Waals surface area contributed by atoms with E-state index in [9.17, 15) is 4.79 Å². The number of anilines is 1. The number of halogens is 1. The maximum atomic E-state index is 11.9. The molecule has 2 nitrogen and oxygen atoms in total. The Hall–Kier alpha value is -0.830. The zero-order chi connectivity index (χ0) is 11.7. The largest absolute Gasteiger partial charge is 0.326 e. The van der Waals surface area contributed by atoms with Crippen LogP contribution in [0.5, 0.6) is 0 Å². The van der Waals surface area contributed by atoms with Gasteiger partial charge in [-0.25, -0.2) is 0 Å². The molecule has 1 aliphatic carbocycles. The van der Waals surface area contributed by atoms with Crippen LogP contribution in [0.25, 0.3) is 0 Å². The van der Waals surface area contributed by atoms with Gasteiger partial charge in [0.25, 0.3) is 0 Å². The van der Waals surface area contributed by atoms with Gasteiger partial charge in [0.2, 0.25) is 5.91 Å². The van der Waals surface area contributed by atoms with E-state index >= 15 is 0 Å². The second-order valence-electron chi connectivity index (χ2n) is 4.57. The van der Waals surface area contributed by atoms with Gasteiger partial charge in [-0.3, -0.25) is 4.79 Å². The minimum absolute atomic E-state index is 0.142. The minimum Gasteiger partial charge on any atom is -0.326 e. The molecule has 1 aliphatic rings. The predicted molar refractivity (Wildman–Crippen MR) is 69.4 cm³/mol. The van der Waals surface area contributed by atoms with Gasteiger partial charge in [0, 0.05) is 16.1 Å². The molecular weight excluding hydrogens is 266 g/mol. The van der Waals surface area contributed by atoms with Crippen LogP contribution in [-0.2, 0) is 4.79 Å². The Morgan fingerprint density at radius 3 is 2.75 bits per heavy atom. The summed E-state index contributed by atoms with van der Waals surface area (Å²) >= 11 is 3.41. The van der Waals surface area contributed by atoms with E-state index in [2.05, 4.69) is 21.2 Å². The van der Waals surface area contributed by atoms with Crippen LogP contribution in [0.3, 0.4) is 0 Å². The van der Waals surface area contributed by atoms with Crippen molar-refractivity contribution in [1.29, 1.82) is 0 Å². The highest BCUT2D eigenvalue weighted by Crippen LogP contribution is 2.37. The van der Waals surface area contributed by atoms with Crippen molar-refractivity contribution in [2.24, 2.45) is 11.8 Å². The molecule has 3 heteroatoms. The van der Waals surface area contributed by atoms with Crippen LogP contribution in [0.4, 0.5) is 5.69 Å². The number of carbonyl (C=O) groups excluding carboxylic acids is 1. The fraction of sp³-hybridized carbons (Fsp3) is 0.462. The summed E-state index contributed by atoms with van der Waals surface area (Å²) in [7, 11) is 0. The molecule has 1 amide bonds. The Balaban J connectivity index is 2.05. The standard InChI is InChI=1S/C13H16BrNO/c1-8-7-11(14)5-6-12(8)15-13(16)9(2)10-3-4-10/h5-7,9-10H,3-4H2,1-2H3,(H,15,16). The number of benzene rings is 1. The summed E-state index contributed by atoms with van der Waals surface area (Å²) in [5, 5.41) is 3.00. The molecule has 2 rings (SSSR count). The highest BCUT2D eigenvalue weighted by atomic mass is 79.9. The van der Waals surface area contributed by atoms with Crippen molar-refractivity contribution in [2.75, 3.05) is 5.32 Å². The second-order valence-corrected chi connectivity index (χ2v) is 5.49. The summed E-state index contributed by atoms with van der Waals surface area (Å²) in [5.74, 6) is 0.895. The summed E-state index contributed by atoms with van der Waals surface area (Å²) in [4.78, 5) is 11.9. The SMILES string of the molecule is Cc1cc(Br)ccc1NC(=O)C(C)C1CC1. The molecule has 1 atom stereocenters. The van der Waals surface area contributed by atoms with Crippen LogP contribution in [0.15, 0.2) is 22.7 Å². The van der Waals surface area contributed by atoms with Gasteiger partial charge in [0.05, 0.1) is 0 Å². The first kappa shape index (κ1) is 11.6. The van der Waals surface area contributed by atoms with Gasteiger partial charge in [-0.05, 0) is 49.4 Å². The lowest BCUT2D eigenvalue weighted by atomic mass is 10.1. The normalized spacial score (nSPS) is 16.9. The third kappa shape index (κ3) is 2.64. The van der Waals surface area contributed by atoms with Gasteiger partial charge >= 0.3 is 0 Å². The molecular formula is C13H16BrNO. The second kappa shape index (κ2) is 4.58. The van der Waals surface area contributed by atoms with Gasteiger partial charge in [-0.2, -0.15) is 0 Å². The molecule has 1 fully saturated rings. The van der Waals surface area contributed by atoms with Crippen LogP contribution in [-0.4, -0.2) is 5.91 Å². The Bertz CT molecular complexity index is 412. The first-order valence-electron chi connectivity index (χ1n) is 5.65. The molecule has 0 radical (unpaired) electrons. The van der Waals surface area contributed by atoms with Crippen LogP contribution in [0.1, 0.15) is 25.3 Å². The van der Waals surface area contributed by atoms with E-state index in [1.807, 2.05) is 32.0 Å². The zero-order valence-corrected chi connectivity index (χ0v) is 11.2. The highest BCUT2D eigenvalue weighted by molar-refractivity contribution is 9.10. The molecule has 1 aromatic carbocycles. The lowest BCUT2D eigenvalue weighted by Crippen LogP contribution is -2.22. The smallest absolute Gasteiger partial charge is 0.227 e. The first-order valence-corrected chi connectivity index (χ1v) is 6.44. The summed E-state index contributed by atoms with van der Waals surface area (Å²) in [5.41, 5.74) is 2.01. The molecule has 1 saturated carbocycles. The lowest BCUT2D eigenvalue weighted by Gasteiger charge is -2.13. The average molecular weight is 282 g/mol. The number of hydrogen-bond acceptors (Lipinski definition) is 1. The molecule has 1 unspecified atom stereocenters. The van der Waals surface area contributed by atoms with E-state index in [4.69, 9.17) is 0 Å². The van der Waals surface area contributed by atoms with Crippen molar-refractivity contribution in [3.8, 4) is 0 Å². The number of amides is 1. The van der Waals surface area contributed by atoms with E-state index in [0.29, 0.717) is 5.92 Å². The van der Waals surface area contributed by atoms with E-state index in [0.717, 1.165) is 15.7 Å². The van der Waals surface area contributed by atoms with Crippen LogP contribution < -0.4 is 5.32 Å². The molecule has 1 N–H and O–H groups in total. The average Bonchev–Trinajstić information content (AvgIpc) is 3.04. The van der Waals surface area contributed by atoms with Crippen molar-refractivity contribution in [3.05, 3.63) is 28.2 Å². The highest BCUT2D eigenvalue weighted by Gasteiger charge is 2.32. The maximum absolute atomic E-state index is 11.9. The van der Waals surface area contributed by atoms with Crippen LogP contribution in [0.2, 0.25) is 0 Å². The van der Waals surface area contributed by atoms with Gasteiger partial charge in [0.15, 0.2) is 0 Å². The van der Waals surface area contributed by atoms with Crippen LogP contribution >= 0.6 is 15.9 Å². The van der Waals surface area contributed by atoms with Gasteiger partial charge in [-0.1, -0.05) is 22.9 Å². The molecule has 86 valence electrons. The lowest BCUT2D eigenvalue weighted by molar-refractivity contribution is -0.119. The monoisotopic (exact) mass is 281 g/mol. The van der Waals surface area contributed by atoms with Crippen molar-refractivity contribution in [3.63, 3.8) is 0 Å². The number of rotatable bonds is 3. The molecule has 16 heavy (non-hydrogen) atoms. The van der Waals surface area contributed by atoms with E-state index in [1.54, 1.807) is 0 Å². The van der Waals surface area contributed by atoms with E-state index < -0.39 is 0 Å². The molecule has 0 saturated heterocycles. The summed E-state index contributed by atoms with van der Waals surface area (Å²) in [6.07, 6.45) is 2.40. The quantitative estimate of drug-likeness (QED) is 0.899. The zero-order valence-electron chi connectivity index (χ0n) is 9.59. The van der Waals surface area contributed by atoms with Crippen molar-refractivity contribution < 1.29 is 4.79 Å². The van der Waals surface area contributed by atoms with Gasteiger partial charge < -0.3 is 5.32 Å². The first-order chi connectivity index (χ1) is 7.58. The van der Waals surface area contributed by atoms with E-state index in [1.165, 1.54) is 12.8 Å². The van der Waals surface area contributed by atoms with Gasteiger partial charge in [0.1, 0.15) is 0 Å². The van der Waals surface area contributed by atoms with Crippen molar-refractivity contribution in [2.45, 2.75) is 26.7 Å². The van der Waals surface area contributed by atoms with E-state index in [-0.39, 0.29) is 11.8 Å². The van der Waals surface area contributed by atoms with Gasteiger partial charge in [-0.15, -0.1) is 0 Å². The molecule has 0 heterocycles. The fourth-order valence-corrected chi connectivity index (χ4v) is 2.30. The summed E-state index contributed by atoms with van der Waals surface area (Å²) in [6, 6.07) is 5.90.